The first-order valence-electron chi connectivity index (χ1n) is 11.9. The zero-order valence-corrected chi connectivity index (χ0v) is 21.7. The van der Waals surface area contributed by atoms with Gasteiger partial charge >= 0.3 is 12.1 Å². The molecule has 0 aromatic carbocycles. The van der Waals surface area contributed by atoms with Crippen molar-refractivity contribution in [2.45, 2.75) is 59.1 Å². The lowest BCUT2D eigenvalue weighted by atomic mass is 10.0. The Bertz CT molecular complexity index is 1210. The second-order valence-corrected chi connectivity index (χ2v) is 10.7. The van der Waals surface area contributed by atoms with Crippen molar-refractivity contribution in [3.63, 3.8) is 0 Å². The van der Waals surface area contributed by atoms with E-state index in [0.717, 1.165) is 44.9 Å². The maximum Gasteiger partial charge on any atom is 0.410 e. The van der Waals surface area contributed by atoms with Crippen LogP contribution in [-0.4, -0.2) is 58.3 Å². The molecule has 3 aromatic rings. The highest BCUT2D eigenvalue weighted by molar-refractivity contribution is 7.21. The fraction of sp³-hybridized carbons (Fsp3) is 0.462. The lowest BCUT2D eigenvalue weighted by molar-refractivity contribution is 0.0210. The first-order valence-corrected chi connectivity index (χ1v) is 12.7. The van der Waals surface area contributed by atoms with E-state index in [9.17, 15) is 9.59 Å². The van der Waals surface area contributed by atoms with Crippen molar-refractivity contribution in [2.24, 2.45) is 0 Å². The van der Waals surface area contributed by atoms with E-state index < -0.39 is 11.6 Å². The van der Waals surface area contributed by atoms with Crippen LogP contribution in [0.15, 0.2) is 30.6 Å². The zero-order chi connectivity index (χ0) is 25.2. The largest absolute Gasteiger partial charge is 0.462 e. The van der Waals surface area contributed by atoms with E-state index in [0.29, 0.717) is 18.7 Å². The molecule has 1 amide bonds. The van der Waals surface area contributed by atoms with Gasteiger partial charge in [-0.15, -0.1) is 11.3 Å². The number of anilines is 1. The number of rotatable bonds is 5. The second kappa shape index (κ2) is 10.2. The van der Waals surface area contributed by atoms with Crippen LogP contribution >= 0.6 is 11.3 Å². The van der Waals surface area contributed by atoms with Crippen LogP contribution in [0.5, 0.6) is 0 Å². The monoisotopic (exact) mass is 496 g/mol. The molecule has 1 fully saturated rings. The highest BCUT2D eigenvalue weighted by Crippen LogP contribution is 2.38. The van der Waals surface area contributed by atoms with Crippen LogP contribution in [0.25, 0.3) is 20.7 Å². The minimum absolute atomic E-state index is 0.0943. The fourth-order valence-corrected chi connectivity index (χ4v) is 5.00. The SMILES string of the molecule is CCOC(=O)c1cnc2sc(-c3ccc(C)nc3)cc2c1NC1CCN(C(=O)OC(C)(C)C)CC1. The Hall–Kier alpha value is -3.20. The van der Waals surface area contributed by atoms with Gasteiger partial charge in [0.05, 0.1) is 12.3 Å². The minimum Gasteiger partial charge on any atom is -0.462 e. The molecule has 0 radical (unpaired) electrons. The minimum atomic E-state index is -0.521. The van der Waals surface area contributed by atoms with Gasteiger partial charge in [0.25, 0.3) is 0 Å². The van der Waals surface area contributed by atoms with E-state index in [4.69, 9.17) is 9.47 Å². The highest BCUT2D eigenvalue weighted by Gasteiger charge is 2.28. The van der Waals surface area contributed by atoms with Crippen molar-refractivity contribution in [1.82, 2.24) is 14.9 Å². The number of amides is 1. The molecule has 4 rings (SSSR count). The van der Waals surface area contributed by atoms with E-state index in [2.05, 4.69) is 21.4 Å². The maximum absolute atomic E-state index is 12.8. The van der Waals surface area contributed by atoms with Crippen LogP contribution < -0.4 is 5.32 Å². The smallest absolute Gasteiger partial charge is 0.410 e. The topological polar surface area (TPSA) is 93.6 Å². The Kier molecular flexibility index (Phi) is 7.25. The summed E-state index contributed by atoms with van der Waals surface area (Å²) in [4.78, 5) is 37.8. The molecule has 4 heterocycles. The molecule has 9 heteroatoms. The standard InChI is InChI=1S/C26H32N4O4S/c1-6-33-24(31)20-15-28-23-19(13-21(35-23)17-8-7-16(2)27-14-17)22(20)29-18-9-11-30(12-10-18)25(32)34-26(3,4)5/h7-8,13-15,18H,6,9-12H2,1-5H3,(H,28,29). The van der Waals surface area contributed by atoms with E-state index in [1.54, 1.807) is 29.4 Å². The number of piperidine rings is 1. The molecule has 1 saturated heterocycles. The molecule has 3 aromatic heterocycles. The summed E-state index contributed by atoms with van der Waals surface area (Å²) < 4.78 is 10.8. The van der Waals surface area contributed by atoms with Gasteiger partial charge in [-0.2, -0.15) is 0 Å². The van der Waals surface area contributed by atoms with E-state index in [1.807, 2.05) is 46.0 Å². The van der Waals surface area contributed by atoms with Gasteiger partial charge in [-0.3, -0.25) is 4.98 Å². The molecule has 0 atom stereocenters. The Morgan fingerprint density at radius 2 is 1.91 bits per heavy atom. The summed E-state index contributed by atoms with van der Waals surface area (Å²) in [6.45, 7) is 10.8. The fourth-order valence-electron chi connectivity index (χ4n) is 4.00. The third-order valence-corrected chi connectivity index (χ3v) is 6.84. The molecular formula is C26H32N4O4S. The number of hydrogen-bond acceptors (Lipinski definition) is 8. The number of ether oxygens (including phenoxy) is 2. The normalized spacial score (nSPS) is 14.7. The van der Waals surface area contributed by atoms with Crippen molar-refractivity contribution in [3.8, 4) is 10.4 Å². The predicted octanol–water partition coefficient (Wildman–Crippen LogP) is 5.65. The predicted molar refractivity (Wildman–Crippen MR) is 138 cm³/mol. The molecule has 0 spiro atoms. The van der Waals surface area contributed by atoms with Crippen LogP contribution in [0.4, 0.5) is 10.5 Å². The van der Waals surface area contributed by atoms with Gasteiger partial charge in [0.15, 0.2) is 0 Å². The number of carbonyl (C=O) groups is 2. The van der Waals surface area contributed by atoms with Crippen molar-refractivity contribution in [1.29, 1.82) is 0 Å². The highest BCUT2D eigenvalue weighted by atomic mass is 32.1. The summed E-state index contributed by atoms with van der Waals surface area (Å²) in [7, 11) is 0. The number of pyridine rings is 2. The number of thiophene rings is 1. The summed E-state index contributed by atoms with van der Waals surface area (Å²) in [6.07, 6.45) is 4.63. The Morgan fingerprint density at radius 1 is 1.17 bits per heavy atom. The summed E-state index contributed by atoms with van der Waals surface area (Å²) in [5.41, 5.74) is 2.59. The van der Waals surface area contributed by atoms with Crippen molar-refractivity contribution in [2.75, 3.05) is 25.0 Å². The van der Waals surface area contributed by atoms with Gasteiger partial charge in [0.2, 0.25) is 0 Å². The average molecular weight is 497 g/mol. The molecule has 186 valence electrons. The number of carbonyl (C=O) groups excluding carboxylic acids is 2. The Balaban J connectivity index is 1.60. The number of nitrogens with one attached hydrogen (secondary N) is 1. The van der Waals surface area contributed by atoms with E-state index in [1.165, 1.54) is 0 Å². The second-order valence-electron chi connectivity index (χ2n) is 9.67. The number of esters is 1. The first kappa shape index (κ1) is 24.9. The van der Waals surface area contributed by atoms with Crippen LogP contribution in [0.1, 0.15) is 56.6 Å². The summed E-state index contributed by atoms with van der Waals surface area (Å²) >= 11 is 1.56. The van der Waals surface area contributed by atoms with Gasteiger partial charge in [0.1, 0.15) is 16.0 Å². The third-order valence-electron chi connectivity index (χ3n) is 5.75. The molecule has 1 aliphatic heterocycles. The van der Waals surface area contributed by atoms with Crippen molar-refractivity contribution >= 4 is 39.3 Å². The lowest BCUT2D eigenvalue weighted by Crippen LogP contribution is -2.44. The van der Waals surface area contributed by atoms with Crippen molar-refractivity contribution in [3.05, 3.63) is 41.9 Å². The van der Waals surface area contributed by atoms with E-state index in [-0.39, 0.29) is 18.7 Å². The molecule has 1 N–H and O–H groups in total. The molecule has 35 heavy (non-hydrogen) atoms. The Labute approximate surface area is 209 Å². The molecule has 8 nitrogen and oxygen atoms in total. The summed E-state index contributed by atoms with van der Waals surface area (Å²) in [5, 5.41) is 4.47. The number of aromatic nitrogens is 2. The maximum atomic E-state index is 12.8. The first-order chi connectivity index (χ1) is 16.6. The lowest BCUT2D eigenvalue weighted by Gasteiger charge is -2.34. The molecule has 0 saturated carbocycles. The molecule has 1 aliphatic rings. The molecular weight excluding hydrogens is 464 g/mol. The van der Waals surface area contributed by atoms with Gasteiger partial charge < -0.3 is 19.7 Å². The number of hydrogen-bond donors (Lipinski definition) is 1. The molecule has 0 aliphatic carbocycles. The number of nitrogens with zero attached hydrogens (tertiary/aromatic N) is 3. The molecule has 0 bridgehead atoms. The van der Waals surface area contributed by atoms with Crippen LogP contribution in [0.2, 0.25) is 0 Å². The zero-order valence-electron chi connectivity index (χ0n) is 20.9. The van der Waals surface area contributed by atoms with Gasteiger partial charge in [-0.1, -0.05) is 6.07 Å². The van der Waals surface area contributed by atoms with Gasteiger partial charge in [-0.25, -0.2) is 14.6 Å². The Morgan fingerprint density at radius 3 is 2.54 bits per heavy atom. The number of likely N-dealkylation sites (tertiary alicyclic amines) is 1. The summed E-state index contributed by atoms with van der Waals surface area (Å²) in [6, 6.07) is 6.17. The van der Waals surface area contributed by atoms with Crippen LogP contribution in [0.3, 0.4) is 0 Å². The van der Waals surface area contributed by atoms with Crippen molar-refractivity contribution < 1.29 is 19.1 Å². The van der Waals surface area contributed by atoms with Gasteiger partial charge in [-0.05, 0) is 59.6 Å². The molecule has 0 unspecified atom stereocenters. The third kappa shape index (κ3) is 5.90. The van der Waals surface area contributed by atoms with Crippen LogP contribution in [0, 0.1) is 6.92 Å². The number of fused-ring (bicyclic) bond motifs is 1. The summed E-state index contributed by atoms with van der Waals surface area (Å²) in [5.74, 6) is -0.402. The number of aryl methyl sites for hydroxylation is 1. The van der Waals surface area contributed by atoms with E-state index >= 15 is 0 Å². The quantitative estimate of drug-likeness (QED) is 0.456. The van der Waals surface area contributed by atoms with Crippen LogP contribution in [-0.2, 0) is 9.47 Å². The average Bonchev–Trinajstić information content (AvgIpc) is 3.24. The van der Waals surface area contributed by atoms with Gasteiger partial charge in [0, 0.05) is 53.0 Å².